The maximum absolute atomic E-state index is 10.5. The SMILES string of the molecule is CC(NC(=O)O)c1ccccc1CBr. The van der Waals surface area contributed by atoms with Crippen LogP contribution in [-0.4, -0.2) is 11.2 Å². The summed E-state index contributed by atoms with van der Waals surface area (Å²) in [4.78, 5) is 10.5. The molecule has 0 bridgehead atoms. The fourth-order valence-electron chi connectivity index (χ4n) is 1.34. The number of carbonyl (C=O) groups is 1. The van der Waals surface area contributed by atoms with Crippen molar-refractivity contribution >= 4 is 22.0 Å². The summed E-state index contributed by atoms with van der Waals surface area (Å²) in [6.45, 7) is 1.83. The normalized spacial score (nSPS) is 12.1. The molecule has 0 aliphatic carbocycles. The first-order valence-electron chi connectivity index (χ1n) is 4.28. The molecule has 2 N–H and O–H groups in total. The number of benzene rings is 1. The number of alkyl halides is 1. The molecule has 0 saturated carbocycles. The van der Waals surface area contributed by atoms with Gasteiger partial charge in [-0.05, 0) is 18.1 Å². The van der Waals surface area contributed by atoms with E-state index in [0.717, 1.165) is 16.5 Å². The topological polar surface area (TPSA) is 49.3 Å². The fraction of sp³-hybridized carbons (Fsp3) is 0.300. The second kappa shape index (κ2) is 5.00. The Hall–Kier alpha value is -1.03. The van der Waals surface area contributed by atoms with Gasteiger partial charge in [0.1, 0.15) is 0 Å². The van der Waals surface area contributed by atoms with E-state index in [-0.39, 0.29) is 6.04 Å². The van der Waals surface area contributed by atoms with Gasteiger partial charge >= 0.3 is 6.09 Å². The Balaban J connectivity index is 2.87. The van der Waals surface area contributed by atoms with Crippen LogP contribution < -0.4 is 5.32 Å². The van der Waals surface area contributed by atoms with Crippen LogP contribution in [0.15, 0.2) is 24.3 Å². The van der Waals surface area contributed by atoms with Gasteiger partial charge < -0.3 is 10.4 Å². The first kappa shape index (κ1) is 11.0. The highest BCUT2D eigenvalue weighted by molar-refractivity contribution is 9.08. The van der Waals surface area contributed by atoms with Crippen molar-refractivity contribution in [3.05, 3.63) is 35.4 Å². The summed E-state index contributed by atoms with van der Waals surface area (Å²) in [7, 11) is 0. The summed E-state index contributed by atoms with van der Waals surface area (Å²) >= 11 is 3.37. The van der Waals surface area contributed by atoms with Gasteiger partial charge in [0.05, 0.1) is 6.04 Å². The zero-order valence-corrected chi connectivity index (χ0v) is 9.41. The van der Waals surface area contributed by atoms with Crippen LogP contribution >= 0.6 is 15.9 Å². The Bertz CT molecular complexity index is 328. The standard InChI is InChI=1S/C10H12BrNO2/c1-7(12-10(13)14)9-5-3-2-4-8(9)6-11/h2-5,7,12H,6H2,1H3,(H,13,14). The minimum Gasteiger partial charge on any atom is -0.465 e. The molecule has 1 amide bonds. The van der Waals surface area contributed by atoms with Crippen molar-refractivity contribution in [3.63, 3.8) is 0 Å². The Labute approximate surface area is 91.3 Å². The average molecular weight is 258 g/mol. The zero-order valence-electron chi connectivity index (χ0n) is 7.83. The molecule has 0 spiro atoms. The molecule has 76 valence electrons. The zero-order chi connectivity index (χ0) is 10.6. The quantitative estimate of drug-likeness (QED) is 0.819. The molecule has 14 heavy (non-hydrogen) atoms. The van der Waals surface area contributed by atoms with Gasteiger partial charge in [0.25, 0.3) is 0 Å². The number of nitrogens with one attached hydrogen (secondary N) is 1. The van der Waals surface area contributed by atoms with Gasteiger partial charge in [0.2, 0.25) is 0 Å². The second-order valence-electron chi connectivity index (χ2n) is 3.00. The van der Waals surface area contributed by atoms with E-state index in [2.05, 4.69) is 21.2 Å². The van der Waals surface area contributed by atoms with Gasteiger partial charge in [0, 0.05) is 5.33 Å². The number of halogens is 1. The van der Waals surface area contributed by atoms with Gasteiger partial charge in [0.15, 0.2) is 0 Å². The molecule has 3 nitrogen and oxygen atoms in total. The number of rotatable bonds is 3. The van der Waals surface area contributed by atoms with Crippen LogP contribution in [0.1, 0.15) is 24.1 Å². The van der Waals surface area contributed by atoms with Crippen LogP contribution in [0.2, 0.25) is 0 Å². The van der Waals surface area contributed by atoms with E-state index >= 15 is 0 Å². The van der Waals surface area contributed by atoms with Gasteiger partial charge in [-0.15, -0.1) is 0 Å². The molecular weight excluding hydrogens is 246 g/mol. The van der Waals surface area contributed by atoms with Crippen molar-refractivity contribution in [1.29, 1.82) is 0 Å². The molecule has 1 atom stereocenters. The molecule has 0 heterocycles. The van der Waals surface area contributed by atoms with Crippen LogP contribution in [0.3, 0.4) is 0 Å². The summed E-state index contributed by atoms with van der Waals surface area (Å²) in [6.07, 6.45) is -0.998. The lowest BCUT2D eigenvalue weighted by atomic mass is 10.0. The predicted molar refractivity (Wildman–Crippen MR) is 58.6 cm³/mol. The second-order valence-corrected chi connectivity index (χ2v) is 3.56. The first-order chi connectivity index (χ1) is 6.65. The summed E-state index contributed by atoms with van der Waals surface area (Å²) in [5, 5.41) is 11.7. The highest BCUT2D eigenvalue weighted by Crippen LogP contribution is 2.19. The van der Waals surface area contributed by atoms with Crippen LogP contribution in [-0.2, 0) is 5.33 Å². The Morgan fingerprint density at radius 1 is 1.57 bits per heavy atom. The summed E-state index contributed by atoms with van der Waals surface area (Å²) < 4.78 is 0. The lowest BCUT2D eigenvalue weighted by molar-refractivity contribution is 0.191. The molecule has 1 aromatic carbocycles. The maximum atomic E-state index is 10.5. The highest BCUT2D eigenvalue weighted by atomic mass is 79.9. The van der Waals surface area contributed by atoms with Crippen molar-refractivity contribution in [1.82, 2.24) is 5.32 Å². The predicted octanol–water partition coefficient (Wildman–Crippen LogP) is 2.91. The molecule has 0 saturated heterocycles. The maximum Gasteiger partial charge on any atom is 0.405 e. The molecule has 4 heteroatoms. The summed E-state index contributed by atoms with van der Waals surface area (Å²) in [5.74, 6) is 0. The van der Waals surface area contributed by atoms with Crippen molar-refractivity contribution in [2.45, 2.75) is 18.3 Å². The fourth-order valence-corrected chi connectivity index (χ4v) is 1.85. The lowest BCUT2D eigenvalue weighted by Gasteiger charge is -2.14. The highest BCUT2D eigenvalue weighted by Gasteiger charge is 2.10. The van der Waals surface area contributed by atoms with Gasteiger partial charge in [-0.3, -0.25) is 0 Å². The molecule has 0 fully saturated rings. The molecule has 1 rings (SSSR count). The van der Waals surface area contributed by atoms with Crippen molar-refractivity contribution in [3.8, 4) is 0 Å². The first-order valence-corrected chi connectivity index (χ1v) is 5.40. The Morgan fingerprint density at radius 2 is 2.21 bits per heavy atom. The van der Waals surface area contributed by atoms with E-state index in [1.54, 1.807) is 0 Å². The van der Waals surface area contributed by atoms with Gasteiger partial charge in [-0.1, -0.05) is 40.2 Å². The molecule has 1 aromatic rings. The largest absolute Gasteiger partial charge is 0.465 e. The molecule has 0 aliphatic heterocycles. The van der Waals surface area contributed by atoms with E-state index in [1.807, 2.05) is 31.2 Å². The molecule has 0 radical (unpaired) electrons. The smallest absolute Gasteiger partial charge is 0.405 e. The number of hydrogen-bond donors (Lipinski definition) is 2. The monoisotopic (exact) mass is 257 g/mol. The van der Waals surface area contributed by atoms with E-state index in [9.17, 15) is 4.79 Å². The number of carboxylic acid groups (broad SMARTS) is 1. The number of hydrogen-bond acceptors (Lipinski definition) is 1. The molecule has 0 aromatic heterocycles. The third kappa shape index (κ3) is 2.73. The van der Waals surface area contributed by atoms with E-state index in [4.69, 9.17) is 5.11 Å². The van der Waals surface area contributed by atoms with Crippen LogP contribution in [0.5, 0.6) is 0 Å². The minimum absolute atomic E-state index is 0.179. The van der Waals surface area contributed by atoms with E-state index in [0.29, 0.717) is 0 Å². The molecule has 1 unspecified atom stereocenters. The number of amides is 1. The molecular formula is C10H12BrNO2. The minimum atomic E-state index is -0.998. The van der Waals surface area contributed by atoms with E-state index < -0.39 is 6.09 Å². The van der Waals surface area contributed by atoms with Crippen LogP contribution in [0.25, 0.3) is 0 Å². The van der Waals surface area contributed by atoms with Crippen LogP contribution in [0, 0.1) is 0 Å². The van der Waals surface area contributed by atoms with Crippen molar-refractivity contribution in [2.75, 3.05) is 0 Å². The Morgan fingerprint density at radius 3 is 2.79 bits per heavy atom. The summed E-state index contributed by atoms with van der Waals surface area (Å²) in [5.41, 5.74) is 2.11. The van der Waals surface area contributed by atoms with E-state index in [1.165, 1.54) is 0 Å². The van der Waals surface area contributed by atoms with Gasteiger partial charge in [-0.25, -0.2) is 4.79 Å². The average Bonchev–Trinajstić information content (AvgIpc) is 2.16. The lowest BCUT2D eigenvalue weighted by Crippen LogP contribution is -2.25. The molecule has 0 aliphatic rings. The Kier molecular flexibility index (Phi) is 3.95. The third-order valence-corrected chi connectivity index (χ3v) is 2.61. The van der Waals surface area contributed by atoms with Gasteiger partial charge in [-0.2, -0.15) is 0 Å². The third-order valence-electron chi connectivity index (χ3n) is 2.01. The van der Waals surface area contributed by atoms with Crippen LogP contribution in [0.4, 0.5) is 4.79 Å². The van der Waals surface area contributed by atoms with Crippen molar-refractivity contribution in [2.24, 2.45) is 0 Å². The summed E-state index contributed by atoms with van der Waals surface area (Å²) in [6, 6.07) is 7.57. The van der Waals surface area contributed by atoms with Crippen molar-refractivity contribution < 1.29 is 9.90 Å².